The van der Waals surface area contributed by atoms with Crippen molar-refractivity contribution in [1.82, 2.24) is 5.32 Å². The van der Waals surface area contributed by atoms with E-state index in [1.807, 2.05) is 0 Å². The van der Waals surface area contributed by atoms with Gasteiger partial charge in [-0.3, -0.25) is 24.5 Å². The molecular weight excluding hydrogens is 673 g/mol. The van der Waals surface area contributed by atoms with Gasteiger partial charge in [0.1, 0.15) is 16.9 Å². The van der Waals surface area contributed by atoms with Crippen molar-refractivity contribution in [2.24, 2.45) is 0 Å². The van der Waals surface area contributed by atoms with E-state index in [4.69, 9.17) is 0 Å². The molecule has 0 spiro atoms. The molecule has 0 bridgehead atoms. The summed E-state index contributed by atoms with van der Waals surface area (Å²) in [4.78, 5) is 49.4. The molecule has 4 aromatic carbocycles. The second-order valence-electron chi connectivity index (χ2n) is 9.51. The molecule has 3 amide bonds. The molecule has 17 heteroatoms. The highest BCUT2D eigenvalue weighted by atomic mass is 32.2. The van der Waals surface area contributed by atoms with Gasteiger partial charge in [-0.05, 0) is 48.5 Å². The molecule has 248 valence electrons. The van der Waals surface area contributed by atoms with Crippen molar-refractivity contribution < 1.29 is 50.0 Å². The molecule has 0 aliphatic rings. The number of nitro benzene ring substituents is 1. The van der Waals surface area contributed by atoms with E-state index in [9.17, 15) is 55.2 Å². The summed E-state index contributed by atoms with van der Waals surface area (Å²) in [5.41, 5.74) is -4.80. The van der Waals surface area contributed by atoms with E-state index >= 15 is 0 Å². The Labute approximate surface area is 270 Å². The lowest BCUT2D eigenvalue weighted by Gasteiger charge is -2.14. The molecule has 4 aromatic rings. The Morgan fingerprint density at radius 3 is 1.96 bits per heavy atom. The average molecular weight is 693 g/mol. The van der Waals surface area contributed by atoms with Crippen LogP contribution in [0.1, 0.15) is 21.5 Å². The summed E-state index contributed by atoms with van der Waals surface area (Å²) in [5.74, 6) is -13.7. The first-order valence-corrected chi connectivity index (χ1v) is 14.2. The molecule has 4 rings (SSSR count). The van der Waals surface area contributed by atoms with Gasteiger partial charge < -0.3 is 16.0 Å². The summed E-state index contributed by atoms with van der Waals surface area (Å²) in [6, 6.07) is 18.8. The lowest BCUT2D eigenvalue weighted by atomic mass is 10.1. The van der Waals surface area contributed by atoms with Gasteiger partial charge in [-0.15, -0.1) is 11.8 Å². The monoisotopic (exact) mass is 692 g/mol. The van der Waals surface area contributed by atoms with E-state index in [0.29, 0.717) is 4.90 Å². The first-order valence-electron chi connectivity index (χ1n) is 13.3. The van der Waals surface area contributed by atoms with Crippen molar-refractivity contribution in [2.75, 3.05) is 16.4 Å². The van der Waals surface area contributed by atoms with Crippen molar-refractivity contribution in [1.29, 1.82) is 0 Å². The molecular formula is C31H19F7N4O5S. The van der Waals surface area contributed by atoms with E-state index in [2.05, 4.69) is 10.6 Å². The standard InChI is InChI=1S/C31H19F7N4O5S/c32-24-23(31(36,37)38)25(33)27(35)28(26(24)34)41-22(43)15-48-19-12-10-18(11-13-19)39-30(45)20(40-29(44)16-6-2-1-3-7-16)14-17-8-4-5-9-21(17)42(46)47/h1-14H,15H2,(H,39,45)(H,40,44)(H,41,43)/b20-14-. The number of hydrogen-bond donors (Lipinski definition) is 3. The van der Waals surface area contributed by atoms with Crippen LogP contribution in [0.2, 0.25) is 0 Å². The molecule has 0 heterocycles. The number of carbonyl (C=O) groups is 3. The fourth-order valence-corrected chi connectivity index (χ4v) is 4.72. The van der Waals surface area contributed by atoms with Gasteiger partial charge in [-0.25, -0.2) is 17.6 Å². The van der Waals surface area contributed by atoms with E-state index in [1.54, 1.807) is 18.2 Å². The van der Waals surface area contributed by atoms with Crippen LogP contribution in [0.3, 0.4) is 0 Å². The summed E-state index contributed by atoms with van der Waals surface area (Å²) < 4.78 is 94.2. The molecule has 0 aliphatic carbocycles. The summed E-state index contributed by atoms with van der Waals surface area (Å²) in [6.45, 7) is 0. The zero-order valence-corrected chi connectivity index (χ0v) is 24.6. The maximum absolute atomic E-state index is 14.1. The maximum atomic E-state index is 14.1. The zero-order valence-electron chi connectivity index (χ0n) is 23.8. The normalized spacial score (nSPS) is 11.5. The minimum atomic E-state index is -5.74. The fourth-order valence-electron chi connectivity index (χ4n) is 4.02. The highest BCUT2D eigenvalue weighted by Crippen LogP contribution is 2.38. The van der Waals surface area contributed by atoms with Crippen LogP contribution in [0.15, 0.2) is 89.5 Å². The molecule has 48 heavy (non-hydrogen) atoms. The Kier molecular flexibility index (Phi) is 10.8. The number of benzene rings is 4. The van der Waals surface area contributed by atoms with Crippen molar-refractivity contribution in [3.63, 3.8) is 0 Å². The van der Waals surface area contributed by atoms with Crippen LogP contribution in [0.4, 0.5) is 47.8 Å². The van der Waals surface area contributed by atoms with Crippen LogP contribution in [0, 0.1) is 33.4 Å². The van der Waals surface area contributed by atoms with Crippen LogP contribution < -0.4 is 16.0 Å². The van der Waals surface area contributed by atoms with E-state index in [-0.39, 0.29) is 28.2 Å². The van der Waals surface area contributed by atoms with Crippen molar-refractivity contribution in [3.8, 4) is 0 Å². The first kappa shape index (κ1) is 35.1. The van der Waals surface area contributed by atoms with Gasteiger partial charge in [0, 0.05) is 22.2 Å². The number of nitro groups is 1. The number of para-hydroxylation sites is 1. The number of carbonyl (C=O) groups excluding carboxylic acids is 3. The second-order valence-corrected chi connectivity index (χ2v) is 10.6. The zero-order chi connectivity index (χ0) is 35.2. The second kappa shape index (κ2) is 14.8. The molecule has 0 saturated heterocycles. The van der Waals surface area contributed by atoms with Crippen molar-refractivity contribution in [3.05, 3.63) is 135 Å². The number of anilines is 2. The smallest absolute Gasteiger partial charge is 0.321 e. The van der Waals surface area contributed by atoms with E-state index in [1.165, 1.54) is 66.0 Å². The molecule has 0 aromatic heterocycles. The van der Waals surface area contributed by atoms with Crippen LogP contribution in [0.5, 0.6) is 0 Å². The Bertz CT molecular complexity index is 1890. The van der Waals surface area contributed by atoms with Gasteiger partial charge in [0.15, 0.2) is 23.3 Å². The van der Waals surface area contributed by atoms with E-state index < -0.39 is 69.1 Å². The van der Waals surface area contributed by atoms with Crippen molar-refractivity contribution >= 4 is 52.6 Å². The quantitative estimate of drug-likeness (QED) is 0.0399. The number of nitrogens with one attached hydrogen (secondary N) is 3. The molecule has 9 nitrogen and oxygen atoms in total. The predicted molar refractivity (Wildman–Crippen MR) is 161 cm³/mol. The largest absolute Gasteiger partial charge is 0.422 e. The molecule has 0 atom stereocenters. The Morgan fingerprint density at radius 1 is 0.792 bits per heavy atom. The molecule has 0 saturated carbocycles. The average Bonchev–Trinajstić information content (AvgIpc) is 3.05. The van der Waals surface area contributed by atoms with Crippen LogP contribution in [-0.4, -0.2) is 28.4 Å². The van der Waals surface area contributed by atoms with Gasteiger partial charge in [0.05, 0.1) is 16.2 Å². The highest BCUT2D eigenvalue weighted by Gasteiger charge is 2.42. The van der Waals surface area contributed by atoms with E-state index in [0.717, 1.165) is 17.8 Å². The van der Waals surface area contributed by atoms with Crippen molar-refractivity contribution in [2.45, 2.75) is 11.1 Å². The lowest BCUT2D eigenvalue weighted by molar-refractivity contribution is -0.385. The number of hydrogen-bond acceptors (Lipinski definition) is 6. The molecule has 3 N–H and O–H groups in total. The third-order valence-corrected chi connectivity index (χ3v) is 7.27. The van der Waals surface area contributed by atoms with Gasteiger partial charge in [0.25, 0.3) is 17.5 Å². The molecule has 0 unspecified atom stereocenters. The summed E-state index contributed by atoms with van der Waals surface area (Å²) in [7, 11) is 0. The van der Waals surface area contributed by atoms with Gasteiger partial charge >= 0.3 is 6.18 Å². The third kappa shape index (κ3) is 8.35. The summed E-state index contributed by atoms with van der Waals surface area (Å²) >= 11 is 0.752. The first-order chi connectivity index (χ1) is 22.7. The van der Waals surface area contributed by atoms with Gasteiger partial charge in [0.2, 0.25) is 5.91 Å². The topological polar surface area (TPSA) is 130 Å². The Morgan fingerprint density at radius 2 is 1.38 bits per heavy atom. The number of amides is 3. The third-order valence-electron chi connectivity index (χ3n) is 6.26. The Hall–Kier alpha value is -5.71. The summed E-state index contributed by atoms with van der Waals surface area (Å²) in [6.07, 6.45) is -4.62. The molecule has 0 fully saturated rings. The maximum Gasteiger partial charge on any atom is 0.422 e. The number of rotatable bonds is 10. The van der Waals surface area contributed by atoms with Crippen LogP contribution in [0.25, 0.3) is 6.08 Å². The number of thioether (sulfide) groups is 1. The fraction of sp³-hybridized carbons (Fsp3) is 0.0645. The van der Waals surface area contributed by atoms with Gasteiger partial charge in [-0.2, -0.15) is 13.2 Å². The van der Waals surface area contributed by atoms with Gasteiger partial charge in [-0.1, -0.05) is 30.3 Å². The predicted octanol–water partition coefficient (Wildman–Crippen LogP) is 7.31. The number of nitrogens with zero attached hydrogens (tertiary/aromatic N) is 1. The minimum Gasteiger partial charge on any atom is -0.321 e. The van der Waals surface area contributed by atoms with Crippen LogP contribution in [-0.2, 0) is 15.8 Å². The SMILES string of the molecule is O=C(CSc1ccc(NC(=O)/C(=C/c2ccccc2[N+](=O)[O-])NC(=O)c2ccccc2)cc1)Nc1c(F)c(F)c(C(F)(F)F)c(F)c1F. The molecule has 0 aliphatic heterocycles. The van der Waals surface area contributed by atoms with Crippen LogP contribution >= 0.6 is 11.8 Å². The summed E-state index contributed by atoms with van der Waals surface area (Å²) in [5, 5.41) is 18.0. The molecule has 0 radical (unpaired) electrons. The minimum absolute atomic E-state index is 0.0209. The number of halogens is 7. The number of alkyl halides is 3. The highest BCUT2D eigenvalue weighted by molar-refractivity contribution is 8.00. The lowest BCUT2D eigenvalue weighted by Crippen LogP contribution is -2.30. The Balaban J connectivity index is 1.46.